The van der Waals surface area contributed by atoms with Crippen LogP contribution in [-0.4, -0.2) is 4.57 Å². The average molecular weight is 199 g/mol. The lowest BCUT2D eigenvalue weighted by atomic mass is 9.99. The van der Waals surface area contributed by atoms with Crippen molar-refractivity contribution in [2.24, 2.45) is 7.05 Å². The maximum absolute atomic E-state index is 2.28. The molecule has 0 amide bonds. The molecule has 78 valence electrons. The van der Waals surface area contributed by atoms with Gasteiger partial charge in [-0.15, -0.1) is 0 Å². The summed E-state index contributed by atoms with van der Waals surface area (Å²) in [5.41, 5.74) is 4.00. The van der Waals surface area contributed by atoms with Crippen LogP contribution in [-0.2, 0) is 7.05 Å². The molecule has 1 aromatic heterocycles. The minimum Gasteiger partial charge on any atom is -0.357 e. The predicted molar refractivity (Wildman–Crippen MR) is 64.9 cm³/mol. The fraction of sp³-hybridized carbons (Fsp3) is 0.286. The zero-order valence-corrected chi connectivity index (χ0v) is 9.57. The van der Waals surface area contributed by atoms with Crippen LogP contribution in [0.15, 0.2) is 42.7 Å². The van der Waals surface area contributed by atoms with Crippen LogP contribution >= 0.6 is 0 Å². The maximum atomic E-state index is 2.28. The highest BCUT2D eigenvalue weighted by Gasteiger charge is 2.02. The van der Waals surface area contributed by atoms with Crippen LogP contribution in [0.25, 0.3) is 11.1 Å². The largest absolute Gasteiger partial charge is 0.357 e. The van der Waals surface area contributed by atoms with Gasteiger partial charge in [-0.1, -0.05) is 38.1 Å². The number of aromatic nitrogens is 1. The Balaban J connectivity index is 2.41. The number of aryl methyl sites for hydroxylation is 1. The molecule has 0 spiro atoms. The van der Waals surface area contributed by atoms with Gasteiger partial charge in [0.2, 0.25) is 0 Å². The molecule has 0 atom stereocenters. The van der Waals surface area contributed by atoms with Gasteiger partial charge >= 0.3 is 0 Å². The highest BCUT2D eigenvalue weighted by Crippen LogP contribution is 2.23. The normalized spacial score (nSPS) is 10.9. The van der Waals surface area contributed by atoms with Crippen molar-refractivity contribution in [1.82, 2.24) is 4.57 Å². The molecule has 1 aromatic carbocycles. The summed E-state index contributed by atoms with van der Waals surface area (Å²) in [5.74, 6) is 0.591. The second-order valence-corrected chi connectivity index (χ2v) is 4.35. The number of benzene rings is 1. The summed E-state index contributed by atoms with van der Waals surface area (Å²) in [6, 6.07) is 10.9. The topological polar surface area (TPSA) is 4.93 Å². The van der Waals surface area contributed by atoms with Crippen molar-refractivity contribution in [3.63, 3.8) is 0 Å². The van der Waals surface area contributed by atoms with Gasteiger partial charge in [0, 0.05) is 19.4 Å². The van der Waals surface area contributed by atoms with E-state index in [1.807, 2.05) is 0 Å². The van der Waals surface area contributed by atoms with Crippen LogP contribution in [0.1, 0.15) is 25.3 Å². The predicted octanol–water partition coefficient (Wildman–Crippen LogP) is 3.82. The molecule has 0 radical (unpaired) electrons. The Labute approximate surface area is 91.4 Å². The Kier molecular flexibility index (Phi) is 2.63. The Morgan fingerprint density at radius 3 is 2.47 bits per heavy atom. The van der Waals surface area contributed by atoms with Gasteiger partial charge < -0.3 is 4.57 Å². The molecular weight excluding hydrogens is 182 g/mol. The van der Waals surface area contributed by atoms with Crippen LogP contribution in [0.4, 0.5) is 0 Å². The van der Waals surface area contributed by atoms with Crippen molar-refractivity contribution in [2.75, 3.05) is 0 Å². The maximum Gasteiger partial charge on any atom is 0.0110 e. The smallest absolute Gasteiger partial charge is 0.0110 e. The first-order chi connectivity index (χ1) is 7.16. The van der Waals surface area contributed by atoms with Crippen molar-refractivity contribution >= 4 is 0 Å². The Bertz CT molecular complexity index is 452. The van der Waals surface area contributed by atoms with Crippen molar-refractivity contribution in [3.8, 4) is 11.1 Å². The van der Waals surface area contributed by atoms with E-state index in [1.54, 1.807) is 0 Å². The second-order valence-electron chi connectivity index (χ2n) is 4.35. The first kappa shape index (κ1) is 10.0. The van der Waals surface area contributed by atoms with Crippen LogP contribution in [0.2, 0.25) is 0 Å². The highest BCUT2D eigenvalue weighted by molar-refractivity contribution is 5.63. The molecule has 0 aliphatic heterocycles. The Morgan fingerprint density at radius 1 is 1.07 bits per heavy atom. The molecule has 1 heteroatoms. The highest BCUT2D eigenvalue weighted by atomic mass is 14.9. The van der Waals surface area contributed by atoms with Crippen molar-refractivity contribution in [2.45, 2.75) is 19.8 Å². The molecule has 0 N–H and O–H groups in total. The van der Waals surface area contributed by atoms with E-state index in [4.69, 9.17) is 0 Å². The summed E-state index contributed by atoms with van der Waals surface area (Å²) in [5, 5.41) is 0. The van der Waals surface area contributed by atoms with E-state index in [9.17, 15) is 0 Å². The van der Waals surface area contributed by atoms with Crippen LogP contribution in [0.3, 0.4) is 0 Å². The van der Waals surface area contributed by atoms with Crippen molar-refractivity contribution in [1.29, 1.82) is 0 Å². The van der Waals surface area contributed by atoms with Gasteiger partial charge in [0.05, 0.1) is 0 Å². The fourth-order valence-corrected chi connectivity index (χ4v) is 1.75. The standard InChI is InChI=1S/C14H17N/c1-11(2)12-5-4-6-13(9-12)14-7-8-15(3)10-14/h4-11H,1-3H3. The van der Waals surface area contributed by atoms with Gasteiger partial charge in [-0.2, -0.15) is 0 Å². The Morgan fingerprint density at radius 2 is 1.87 bits per heavy atom. The van der Waals surface area contributed by atoms with Crippen LogP contribution < -0.4 is 0 Å². The van der Waals surface area contributed by atoms with Crippen molar-refractivity contribution < 1.29 is 0 Å². The molecule has 1 heterocycles. The number of hydrogen-bond donors (Lipinski definition) is 0. The Hall–Kier alpha value is -1.50. The van der Waals surface area contributed by atoms with E-state index in [2.05, 4.69) is 68.2 Å². The summed E-state index contributed by atoms with van der Waals surface area (Å²) in [6.45, 7) is 4.45. The van der Waals surface area contributed by atoms with Gasteiger partial charge in [0.25, 0.3) is 0 Å². The molecule has 15 heavy (non-hydrogen) atoms. The monoisotopic (exact) mass is 199 g/mol. The average Bonchev–Trinajstić information content (AvgIpc) is 2.65. The lowest BCUT2D eigenvalue weighted by Crippen LogP contribution is -1.87. The first-order valence-corrected chi connectivity index (χ1v) is 5.39. The third kappa shape index (κ3) is 2.12. The van der Waals surface area contributed by atoms with Gasteiger partial charge in [-0.05, 0) is 28.7 Å². The van der Waals surface area contributed by atoms with E-state index < -0.39 is 0 Å². The number of nitrogens with zero attached hydrogens (tertiary/aromatic N) is 1. The van der Waals surface area contributed by atoms with Gasteiger partial charge in [0.1, 0.15) is 0 Å². The minimum atomic E-state index is 0.591. The van der Waals surface area contributed by atoms with E-state index >= 15 is 0 Å². The molecule has 0 aliphatic carbocycles. The summed E-state index contributed by atoms with van der Waals surface area (Å²) in [6.07, 6.45) is 4.23. The molecule has 0 saturated carbocycles. The molecule has 0 aliphatic rings. The van der Waals surface area contributed by atoms with E-state index in [-0.39, 0.29) is 0 Å². The lowest BCUT2D eigenvalue weighted by Gasteiger charge is -2.06. The molecule has 0 bridgehead atoms. The fourth-order valence-electron chi connectivity index (χ4n) is 1.75. The van der Waals surface area contributed by atoms with E-state index in [0.29, 0.717) is 5.92 Å². The summed E-state index contributed by atoms with van der Waals surface area (Å²) in [4.78, 5) is 0. The zero-order chi connectivity index (χ0) is 10.8. The minimum absolute atomic E-state index is 0.591. The first-order valence-electron chi connectivity index (χ1n) is 5.39. The van der Waals surface area contributed by atoms with Gasteiger partial charge in [-0.25, -0.2) is 0 Å². The molecule has 2 aromatic rings. The molecule has 2 rings (SSSR count). The third-order valence-corrected chi connectivity index (χ3v) is 2.72. The number of hydrogen-bond acceptors (Lipinski definition) is 0. The summed E-state index contributed by atoms with van der Waals surface area (Å²) >= 11 is 0. The SMILES string of the molecule is CC(C)c1cccc(-c2ccn(C)c2)c1. The van der Waals surface area contributed by atoms with Crippen LogP contribution in [0, 0.1) is 0 Å². The zero-order valence-electron chi connectivity index (χ0n) is 9.57. The van der Waals surface area contributed by atoms with Gasteiger partial charge in [0.15, 0.2) is 0 Å². The van der Waals surface area contributed by atoms with Crippen LogP contribution in [0.5, 0.6) is 0 Å². The molecule has 1 nitrogen and oxygen atoms in total. The second kappa shape index (κ2) is 3.93. The van der Waals surface area contributed by atoms with E-state index in [0.717, 1.165) is 0 Å². The molecule has 0 unspecified atom stereocenters. The third-order valence-electron chi connectivity index (χ3n) is 2.72. The van der Waals surface area contributed by atoms with Crippen molar-refractivity contribution in [3.05, 3.63) is 48.3 Å². The number of rotatable bonds is 2. The van der Waals surface area contributed by atoms with Gasteiger partial charge in [-0.3, -0.25) is 0 Å². The molecule has 0 saturated heterocycles. The summed E-state index contributed by atoms with van der Waals surface area (Å²) < 4.78 is 2.08. The molecular formula is C14H17N. The lowest BCUT2D eigenvalue weighted by molar-refractivity contribution is 0.867. The molecule has 0 fully saturated rings. The summed E-state index contributed by atoms with van der Waals surface area (Å²) in [7, 11) is 2.05. The quantitative estimate of drug-likeness (QED) is 0.693. The van der Waals surface area contributed by atoms with E-state index in [1.165, 1.54) is 16.7 Å².